The van der Waals surface area contributed by atoms with Gasteiger partial charge < -0.3 is 20.3 Å². The Balaban J connectivity index is 2.04. The van der Waals surface area contributed by atoms with E-state index in [1.807, 2.05) is 61.5 Å². The number of benzene rings is 2. The van der Waals surface area contributed by atoms with Crippen LogP contribution in [0.15, 0.2) is 48.5 Å². The molecule has 2 aromatic rings. The molecule has 0 bridgehead atoms. The number of nitrogens with zero attached hydrogens (tertiary/aromatic N) is 1. The van der Waals surface area contributed by atoms with Gasteiger partial charge in [-0.1, -0.05) is 30.3 Å². The number of rotatable bonds is 9. The van der Waals surface area contributed by atoms with Crippen LogP contribution in [-0.4, -0.2) is 46.2 Å². The average molecular weight is 369 g/mol. The van der Waals surface area contributed by atoms with E-state index in [4.69, 9.17) is 4.74 Å². The van der Waals surface area contributed by atoms with E-state index in [9.17, 15) is 9.59 Å². The summed E-state index contributed by atoms with van der Waals surface area (Å²) in [7, 11) is 5.34. The zero-order valence-corrected chi connectivity index (χ0v) is 16.1. The van der Waals surface area contributed by atoms with Crippen molar-refractivity contribution in [1.82, 2.24) is 5.32 Å². The van der Waals surface area contributed by atoms with Gasteiger partial charge in [0, 0.05) is 45.5 Å². The zero-order valence-electron chi connectivity index (χ0n) is 16.1. The van der Waals surface area contributed by atoms with Crippen LogP contribution in [0.25, 0.3) is 0 Å². The Hall–Kier alpha value is -2.86. The van der Waals surface area contributed by atoms with Crippen molar-refractivity contribution in [1.29, 1.82) is 0 Å². The molecule has 0 aliphatic rings. The summed E-state index contributed by atoms with van der Waals surface area (Å²) in [5, 5.41) is 5.70. The van der Waals surface area contributed by atoms with Crippen LogP contribution in [0.4, 0.5) is 11.4 Å². The molecule has 2 rings (SSSR count). The van der Waals surface area contributed by atoms with Crippen LogP contribution in [0, 0.1) is 0 Å². The molecule has 0 aliphatic heterocycles. The maximum Gasteiger partial charge on any atom is 0.253 e. The summed E-state index contributed by atoms with van der Waals surface area (Å²) in [4.78, 5) is 26.6. The standard InChI is InChI=1S/C21H27N3O3/c1-24(2)19-11-10-17(15-18(19)21(26)22-13-14-27-3)23-20(25)12-9-16-7-5-4-6-8-16/h4-8,10-11,15H,9,12-14H2,1-3H3,(H,22,26)(H,23,25). The van der Waals surface area contributed by atoms with Crippen molar-refractivity contribution in [3.8, 4) is 0 Å². The minimum absolute atomic E-state index is 0.0813. The van der Waals surface area contributed by atoms with E-state index in [1.54, 1.807) is 13.2 Å². The van der Waals surface area contributed by atoms with E-state index in [2.05, 4.69) is 10.6 Å². The quantitative estimate of drug-likeness (QED) is 0.667. The van der Waals surface area contributed by atoms with Gasteiger partial charge in [-0.3, -0.25) is 9.59 Å². The van der Waals surface area contributed by atoms with E-state index in [0.717, 1.165) is 11.3 Å². The molecule has 0 unspecified atom stereocenters. The van der Waals surface area contributed by atoms with E-state index >= 15 is 0 Å². The fourth-order valence-electron chi connectivity index (χ4n) is 2.67. The highest BCUT2D eigenvalue weighted by Crippen LogP contribution is 2.23. The normalized spacial score (nSPS) is 10.3. The van der Waals surface area contributed by atoms with E-state index in [0.29, 0.717) is 37.2 Å². The van der Waals surface area contributed by atoms with Crippen molar-refractivity contribution in [2.24, 2.45) is 0 Å². The summed E-state index contributed by atoms with van der Waals surface area (Å²) in [6, 6.07) is 15.2. The third-order valence-electron chi connectivity index (χ3n) is 4.08. The number of anilines is 2. The highest BCUT2D eigenvalue weighted by molar-refractivity contribution is 6.02. The number of methoxy groups -OCH3 is 1. The number of ether oxygens (including phenoxy) is 1. The monoisotopic (exact) mass is 369 g/mol. The molecule has 27 heavy (non-hydrogen) atoms. The molecule has 6 heteroatoms. The van der Waals surface area contributed by atoms with Crippen LogP contribution in [-0.2, 0) is 16.0 Å². The van der Waals surface area contributed by atoms with Crippen molar-refractivity contribution in [3.63, 3.8) is 0 Å². The van der Waals surface area contributed by atoms with Gasteiger partial charge in [-0.2, -0.15) is 0 Å². The van der Waals surface area contributed by atoms with Crippen molar-refractivity contribution in [3.05, 3.63) is 59.7 Å². The first-order chi connectivity index (χ1) is 13.0. The first-order valence-electron chi connectivity index (χ1n) is 8.93. The molecule has 2 N–H and O–H groups in total. The number of carbonyl (C=O) groups excluding carboxylic acids is 2. The van der Waals surface area contributed by atoms with Gasteiger partial charge >= 0.3 is 0 Å². The number of aryl methyl sites for hydroxylation is 1. The number of hydrogen-bond acceptors (Lipinski definition) is 4. The molecule has 2 aromatic carbocycles. The van der Waals surface area contributed by atoms with Gasteiger partial charge in [0.15, 0.2) is 0 Å². The lowest BCUT2D eigenvalue weighted by Crippen LogP contribution is -2.28. The molecule has 0 heterocycles. The molecule has 0 fully saturated rings. The topological polar surface area (TPSA) is 70.7 Å². The van der Waals surface area contributed by atoms with E-state index in [1.165, 1.54) is 0 Å². The van der Waals surface area contributed by atoms with Crippen LogP contribution in [0.1, 0.15) is 22.3 Å². The van der Waals surface area contributed by atoms with Gasteiger partial charge in [0.2, 0.25) is 5.91 Å². The van der Waals surface area contributed by atoms with Gasteiger partial charge in [-0.05, 0) is 30.2 Å². The molecule has 0 saturated heterocycles. The Kier molecular flexibility index (Phi) is 7.82. The second-order valence-electron chi connectivity index (χ2n) is 6.41. The molecule has 2 amide bonds. The molecule has 0 atom stereocenters. The Labute approximate surface area is 160 Å². The fraction of sp³-hybridized carbons (Fsp3) is 0.333. The maximum atomic E-state index is 12.5. The van der Waals surface area contributed by atoms with Crippen molar-refractivity contribution in [2.45, 2.75) is 12.8 Å². The predicted octanol–water partition coefficient (Wildman–Crippen LogP) is 2.70. The molecule has 6 nitrogen and oxygen atoms in total. The van der Waals surface area contributed by atoms with Crippen molar-refractivity contribution in [2.75, 3.05) is 44.6 Å². The minimum Gasteiger partial charge on any atom is -0.383 e. The van der Waals surface area contributed by atoms with Crippen LogP contribution < -0.4 is 15.5 Å². The van der Waals surface area contributed by atoms with Gasteiger partial charge in [-0.25, -0.2) is 0 Å². The third kappa shape index (κ3) is 6.42. The zero-order chi connectivity index (χ0) is 19.6. The Morgan fingerprint density at radius 3 is 2.48 bits per heavy atom. The number of nitrogens with one attached hydrogen (secondary N) is 2. The lowest BCUT2D eigenvalue weighted by Gasteiger charge is -2.18. The van der Waals surface area contributed by atoms with E-state index in [-0.39, 0.29) is 11.8 Å². The first kappa shape index (κ1) is 20.5. The first-order valence-corrected chi connectivity index (χ1v) is 8.93. The summed E-state index contributed by atoms with van der Waals surface area (Å²) >= 11 is 0. The number of hydrogen-bond donors (Lipinski definition) is 2. The summed E-state index contributed by atoms with van der Waals surface area (Å²) in [5.74, 6) is -0.279. The van der Waals surface area contributed by atoms with Gasteiger partial charge in [0.05, 0.1) is 12.2 Å². The predicted molar refractivity (Wildman–Crippen MR) is 108 cm³/mol. The maximum absolute atomic E-state index is 12.5. The molecular formula is C21H27N3O3. The van der Waals surface area contributed by atoms with Gasteiger partial charge in [0.25, 0.3) is 5.91 Å². The molecule has 0 aliphatic carbocycles. The van der Waals surface area contributed by atoms with Crippen LogP contribution in [0.3, 0.4) is 0 Å². The minimum atomic E-state index is -0.198. The second-order valence-corrected chi connectivity index (χ2v) is 6.41. The average Bonchev–Trinajstić information content (AvgIpc) is 2.67. The van der Waals surface area contributed by atoms with Gasteiger partial charge in [-0.15, -0.1) is 0 Å². The van der Waals surface area contributed by atoms with Crippen molar-refractivity contribution >= 4 is 23.2 Å². The number of amides is 2. The van der Waals surface area contributed by atoms with Crippen LogP contribution in [0.2, 0.25) is 0 Å². The Bertz CT molecular complexity index is 761. The summed E-state index contributed by atoms with van der Waals surface area (Å²) in [5.41, 5.74) is 3.02. The summed E-state index contributed by atoms with van der Waals surface area (Å²) in [6.07, 6.45) is 1.06. The summed E-state index contributed by atoms with van der Waals surface area (Å²) < 4.78 is 4.96. The second kappa shape index (κ2) is 10.3. The van der Waals surface area contributed by atoms with E-state index < -0.39 is 0 Å². The van der Waals surface area contributed by atoms with Crippen molar-refractivity contribution < 1.29 is 14.3 Å². The fourth-order valence-corrected chi connectivity index (χ4v) is 2.67. The number of carbonyl (C=O) groups is 2. The smallest absolute Gasteiger partial charge is 0.253 e. The SMILES string of the molecule is COCCNC(=O)c1cc(NC(=O)CCc2ccccc2)ccc1N(C)C. The molecule has 0 saturated carbocycles. The molecule has 0 radical (unpaired) electrons. The molecule has 0 aromatic heterocycles. The molecular weight excluding hydrogens is 342 g/mol. The Morgan fingerprint density at radius 1 is 1.07 bits per heavy atom. The van der Waals surface area contributed by atoms with Crippen LogP contribution in [0.5, 0.6) is 0 Å². The lowest BCUT2D eigenvalue weighted by atomic mass is 10.1. The highest BCUT2D eigenvalue weighted by Gasteiger charge is 2.14. The highest BCUT2D eigenvalue weighted by atomic mass is 16.5. The lowest BCUT2D eigenvalue weighted by molar-refractivity contribution is -0.116. The molecule has 144 valence electrons. The third-order valence-corrected chi connectivity index (χ3v) is 4.08. The Morgan fingerprint density at radius 2 is 1.81 bits per heavy atom. The molecule has 0 spiro atoms. The largest absolute Gasteiger partial charge is 0.383 e. The summed E-state index contributed by atoms with van der Waals surface area (Å²) in [6.45, 7) is 0.870. The van der Waals surface area contributed by atoms with Crippen LogP contribution >= 0.6 is 0 Å². The van der Waals surface area contributed by atoms with Gasteiger partial charge in [0.1, 0.15) is 0 Å².